The molecule has 10 heteroatoms. The molecule has 1 heterocycles. The van der Waals surface area contributed by atoms with Crippen LogP contribution in [0.3, 0.4) is 0 Å². The lowest BCUT2D eigenvalue weighted by Crippen LogP contribution is -2.43. The number of halogens is 1. The van der Waals surface area contributed by atoms with Gasteiger partial charge in [0.05, 0.1) is 29.4 Å². The molecule has 1 saturated heterocycles. The Balaban J connectivity index is 1.78. The molecule has 146 valence electrons. The number of nitrogens with one attached hydrogen (secondary N) is 2. The van der Waals surface area contributed by atoms with Gasteiger partial charge in [-0.1, -0.05) is 0 Å². The first-order valence-corrected chi connectivity index (χ1v) is 8.43. The molecule has 0 saturated carbocycles. The molecule has 9 nitrogen and oxygen atoms in total. The van der Waals surface area contributed by atoms with Crippen molar-refractivity contribution < 1.29 is 23.6 Å². The van der Waals surface area contributed by atoms with E-state index >= 15 is 0 Å². The van der Waals surface area contributed by atoms with Gasteiger partial charge in [-0.3, -0.25) is 30.6 Å². The lowest BCUT2D eigenvalue weighted by atomic mass is 10.1. The van der Waals surface area contributed by atoms with Crippen molar-refractivity contribution in [3.8, 4) is 0 Å². The van der Waals surface area contributed by atoms with Gasteiger partial charge in [0, 0.05) is 30.8 Å². The number of rotatable bonds is 4. The van der Waals surface area contributed by atoms with Crippen molar-refractivity contribution in [2.45, 2.75) is 0 Å². The summed E-state index contributed by atoms with van der Waals surface area (Å²) in [5.74, 6) is -1.85. The van der Waals surface area contributed by atoms with Crippen molar-refractivity contribution in [1.82, 2.24) is 10.9 Å². The number of hydrogen-bond acceptors (Lipinski definition) is 6. The first-order chi connectivity index (χ1) is 13.5. The third-order valence-corrected chi connectivity index (χ3v) is 4.18. The predicted molar refractivity (Wildman–Crippen MR) is 97.5 cm³/mol. The zero-order valence-corrected chi connectivity index (χ0v) is 14.7. The number of nitrogens with zero attached hydrogens (tertiary/aromatic N) is 2. The molecular weight excluding hydrogens is 371 g/mol. The summed E-state index contributed by atoms with van der Waals surface area (Å²) in [6, 6.07) is 8.75. The van der Waals surface area contributed by atoms with Gasteiger partial charge in [0.25, 0.3) is 17.5 Å². The highest BCUT2D eigenvalue weighted by Gasteiger charge is 2.22. The van der Waals surface area contributed by atoms with Crippen LogP contribution in [-0.2, 0) is 4.74 Å². The number of hydrazine groups is 1. The van der Waals surface area contributed by atoms with E-state index in [4.69, 9.17) is 4.74 Å². The van der Waals surface area contributed by atoms with E-state index in [0.29, 0.717) is 32.0 Å². The summed E-state index contributed by atoms with van der Waals surface area (Å²) < 4.78 is 18.2. The normalized spacial score (nSPS) is 13.7. The minimum Gasteiger partial charge on any atom is -0.378 e. The Hall–Kier alpha value is -3.53. The van der Waals surface area contributed by atoms with E-state index < -0.39 is 22.6 Å². The van der Waals surface area contributed by atoms with Crippen molar-refractivity contribution in [2.24, 2.45) is 0 Å². The average molecular weight is 388 g/mol. The molecule has 0 radical (unpaired) electrons. The van der Waals surface area contributed by atoms with Crippen molar-refractivity contribution in [3.63, 3.8) is 0 Å². The molecule has 2 amide bonds. The van der Waals surface area contributed by atoms with E-state index in [1.54, 1.807) is 0 Å². The summed E-state index contributed by atoms with van der Waals surface area (Å²) in [4.78, 5) is 37.0. The Morgan fingerprint density at radius 2 is 1.68 bits per heavy atom. The molecule has 1 aliphatic heterocycles. The van der Waals surface area contributed by atoms with E-state index in [-0.39, 0.29) is 16.8 Å². The minimum absolute atomic E-state index is 0.0514. The fourth-order valence-corrected chi connectivity index (χ4v) is 2.75. The summed E-state index contributed by atoms with van der Waals surface area (Å²) >= 11 is 0. The van der Waals surface area contributed by atoms with Crippen LogP contribution in [-0.4, -0.2) is 43.0 Å². The number of anilines is 1. The molecule has 1 aliphatic rings. The van der Waals surface area contributed by atoms with Crippen molar-refractivity contribution in [1.29, 1.82) is 0 Å². The molecular formula is C18H17FN4O5. The van der Waals surface area contributed by atoms with Gasteiger partial charge in [-0.15, -0.1) is 0 Å². The van der Waals surface area contributed by atoms with Gasteiger partial charge in [0.15, 0.2) is 0 Å². The second-order valence-electron chi connectivity index (χ2n) is 5.97. The third-order valence-electron chi connectivity index (χ3n) is 4.18. The topological polar surface area (TPSA) is 114 Å². The van der Waals surface area contributed by atoms with Crippen LogP contribution < -0.4 is 15.8 Å². The highest BCUT2D eigenvalue weighted by atomic mass is 19.1. The summed E-state index contributed by atoms with van der Waals surface area (Å²) in [5.41, 5.74) is 4.92. The van der Waals surface area contributed by atoms with Crippen LogP contribution in [0.4, 0.5) is 15.8 Å². The largest absolute Gasteiger partial charge is 0.378 e. The third kappa shape index (κ3) is 4.41. The maximum Gasteiger partial charge on any atom is 0.272 e. The summed E-state index contributed by atoms with van der Waals surface area (Å²) in [7, 11) is 0. The zero-order valence-electron chi connectivity index (χ0n) is 14.7. The molecule has 0 unspecified atom stereocenters. The van der Waals surface area contributed by atoms with Crippen LogP contribution in [0.15, 0.2) is 42.5 Å². The highest BCUT2D eigenvalue weighted by molar-refractivity contribution is 6.02. The standard InChI is InChI=1S/C18H17FN4O5/c19-13-3-1-12(2-4-13)17(24)20-21-18(25)15-11-14(23(26)27)5-6-16(15)22-7-9-28-10-8-22/h1-6,11H,7-10H2,(H,20,24)(H,21,25). The van der Waals surface area contributed by atoms with Crippen LogP contribution in [0.25, 0.3) is 0 Å². The summed E-state index contributed by atoms with van der Waals surface area (Å²) in [6.07, 6.45) is 0. The number of hydrogen-bond donors (Lipinski definition) is 2. The van der Waals surface area contributed by atoms with E-state index in [1.165, 1.54) is 24.3 Å². The van der Waals surface area contributed by atoms with Crippen LogP contribution in [0.5, 0.6) is 0 Å². The molecule has 3 rings (SSSR count). The van der Waals surface area contributed by atoms with E-state index in [1.807, 2.05) is 4.90 Å². The van der Waals surface area contributed by atoms with Crippen LogP contribution in [0, 0.1) is 15.9 Å². The van der Waals surface area contributed by atoms with Gasteiger partial charge in [0.2, 0.25) is 0 Å². The molecule has 2 N–H and O–H groups in total. The van der Waals surface area contributed by atoms with Gasteiger partial charge in [-0.25, -0.2) is 4.39 Å². The van der Waals surface area contributed by atoms with Crippen molar-refractivity contribution in [2.75, 3.05) is 31.2 Å². The Morgan fingerprint density at radius 1 is 1.04 bits per heavy atom. The van der Waals surface area contributed by atoms with Crippen molar-refractivity contribution in [3.05, 3.63) is 69.5 Å². The number of amides is 2. The monoisotopic (exact) mass is 388 g/mol. The maximum absolute atomic E-state index is 12.9. The van der Waals surface area contributed by atoms with Gasteiger partial charge in [-0.2, -0.15) is 0 Å². The van der Waals surface area contributed by atoms with Gasteiger partial charge < -0.3 is 9.64 Å². The molecule has 0 atom stereocenters. The average Bonchev–Trinajstić information content (AvgIpc) is 2.72. The van der Waals surface area contributed by atoms with Crippen LogP contribution in [0.1, 0.15) is 20.7 Å². The molecule has 0 spiro atoms. The SMILES string of the molecule is O=C(NNC(=O)c1cc([N+](=O)[O-])ccc1N1CCOCC1)c1ccc(F)cc1. The number of carbonyl (C=O) groups is 2. The van der Waals surface area contributed by atoms with E-state index in [9.17, 15) is 24.1 Å². The number of carbonyl (C=O) groups excluding carboxylic acids is 2. The summed E-state index contributed by atoms with van der Waals surface area (Å²) in [6.45, 7) is 2.00. The zero-order chi connectivity index (χ0) is 20.1. The molecule has 2 aromatic rings. The number of nitro benzene ring substituents is 1. The smallest absolute Gasteiger partial charge is 0.272 e. The number of morpholine rings is 1. The fourth-order valence-electron chi connectivity index (χ4n) is 2.75. The first-order valence-electron chi connectivity index (χ1n) is 8.43. The lowest BCUT2D eigenvalue weighted by Gasteiger charge is -2.30. The second kappa shape index (κ2) is 8.44. The summed E-state index contributed by atoms with van der Waals surface area (Å²) in [5, 5.41) is 11.1. The van der Waals surface area contributed by atoms with E-state index in [0.717, 1.165) is 18.2 Å². The lowest BCUT2D eigenvalue weighted by molar-refractivity contribution is -0.384. The van der Waals surface area contributed by atoms with Gasteiger partial charge >= 0.3 is 0 Å². The molecule has 0 aliphatic carbocycles. The fraction of sp³-hybridized carbons (Fsp3) is 0.222. The van der Waals surface area contributed by atoms with Crippen LogP contribution in [0.2, 0.25) is 0 Å². The molecule has 28 heavy (non-hydrogen) atoms. The first kappa shape index (κ1) is 19.2. The molecule has 2 aromatic carbocycles. The minimum atomic E-state index is -0.708. The number of ether oxygens (including phenoxy) is 1. The Morgan fingerprint density at radius 3 is 2.32 bits per heavy atom. The Kier molecular flexibility index (Phi) is 5.80. The molecule has 0 aromatic heterocycles. The predicted octanol–water partition coefficient (Wildman–Crippen LogP) is 1.65. The molecule has 0 bridgehead atoms. The number of nitro groups is 1. The van der Waals surface area contributed by atoms with Gasteiger partial charge in [-0.05, 0) is 30.3 Å². The molecule has 1 fully saturated rings. The Bertz CT molecular complexity index is 897. The second-order valence-corrected chi connectivity index (χ2v) is 5.97. The highest BCUT2D eigenvalue weighted by Crippen LogP contribution is 2.26. The van der Waals surface area contributed by atoms with Crippen molar-refractivity contribution >= 4 is 23.2 Å². The number of benzene rings is 2. The maximum atomic E-state index is 12.9. The number of non-ortho nitro benzene ring substituents is 1. The van der Waals surface area contributed by atoms with Gasteiger partial charge in [0.1, 0.15) is 5.82 Å². The van der Waals surface area contributed by atoms with E-state index in [2.05, 4.69) is 10.9 Å². The quantitative estimate of drug-likeness (QED) is 0.608. The van der Waals surface area contributed by atoms with Crippen LogP contribution >= 0.6 is 0 Å². The Labute approximate surface area is 159 Å².